The van der Waals surface area contributed by atoms with Crippen molar-refractivity contribution in [2.24, 2.45) is 0 Å². The Balaban J connectivity index is 1.91. The summed E-state index contributed by atoms with van der Waals surface area (Å²) in [5, 5.41) is 3.40. The van der Waals surface area contributed by atoms with Crippen LogP contribution < -0.4 is 10.1 Å². The molecule has 3 heteroatoms. The second-order valence-electron chi connectivity index (χ2n) is 4.93. The Labute approximate surface area is 119 Å². The fraction of sp³-hybridized carbons (Fsp3) is 0.294. The molecule has 2 nitrogen and oxygen atoms in total. The van der Waals surface area contributed by atoms with Gasteiger partial charge in [-0.2, -0.15) is 0 Å². The third kappa shape index (κ3) is 4.07. The lowest BCUT2D eigenvalue weighted by molar-refractivity contribution is 0.406. The van der Waals surface area contributed by atoms with Crippen molar-refractivity contribution in [2.45, 2.75) is 25.9 Å². The van der Waals surface area contributed by atoms with Crippen LogP contribution in [0.25, 0.3) is 0 Å². The van der Waals surface area contributed by atoms with Crippen LogP contribution in [0, 0.1) is 5.82 Å². The Morgan fingerprint density at radius 1 is 1.15 bits per heavy atom. The van der Waals surface area contributed by atoms with E-state index in [4.69, 9.17) is 4.74 Å². The number of hydrogen-bond donors (Lipinski definition) is 1. The minimum atomic E-state index is -0.193. The van der Waals surface area contributed by atoms with Crippen LogP contribution in [0.5, 0.6) is 5.75 Å². The molecule has 0 aliphatic carbocycles. The van der Waals surface area contributed by atoms with E-state index in [1.54, 1.807) is 19.2 Å². The van der Waals surface area contributed by atoms with Gasteiger partial charge >= 0.3 is 0 Å². The number of para-hydroxylation sites is 1. The van der Waals surface area contributed by atoms with Crippen LogP contribution in [-0.2, 0) is 13.0 Å². The summed E-state index contributed by atoms with van der Waals surface area (Å²) in [7, 11) is 1.68. The molecule has 0 aromatic heterocycles. The van der Waals surface area contributed by atoms with Crippen molar-refractivity contribution in [3.05, 3.63) is 65.5 Å². The molecule has 0 amide bonds. The first-order valence-corrected chi connectivity index (χ1v) is 6.79. The molecule has 1 atom stereocenters. The van der Waals surface area contributed by atoms with E-state index in [0.717, 1.165) is 17.7 Å². The molecule has 2 aromatic rings. The molecule has 0 saturated carbocycles. The molecule has 1 unspecified atom stereocenters. The lowest BCUT2D eigenvalue weighted by atomic mass is 10.1. The molecule has 0 saturated heterocycles. The quantitative estimate of drug-likeness (QED) is 0.869. The zero-order valence-electron chi connectivity index (χ0n) is 11.9. The van der Waals surface area contributed by atoms with Gasteiger partial charge in [0.2, 0.25) is 0 Å². The Kier molecular flexibility index (Phi) is 5.13. The molecular formula is C17H20FNO. The van der Waals surface area contributed by atoms with Gasteiger partial charge in [0.15, 0.2) is 0 Å². The maximum absolute atomic E-state index is 13.1. The van der Waals surface area contributed by atoms with Crippen molar-refractivity contribution in [1.82, 2.24) is 5.32 Å². The van der Waals surface area contributed by atoms with E-state index in [2.05, 4.69) is 18.3 Å². The van der Waals surface area contributed by atoms with Gasteiger partial charge in [-0.25, -0.2) is 4.39 Å². The number of methoxy groups -OCH3 is 1. The number of halogens is 1. The summed E-state index contributed by atoms with van der Waals surface area (Å²) in [5.41, 5.74) is 2.13. The molecule has 0 radical (unpaired) electrons. The van der Waals surface area contributed by atoms with Gasteiger partial charge in [0, 0.05) is 12.6 Å². The topological polar surface area (TPSA) is 21.3 Å². The third-order valence-electron chi connectivity index (χ3n) is 3.26. The average Bonchev–Trinajstić information content (AvgIpc) is 2.46. The van der Waals surface area contributed by atoms with E-state index in [-0.39, 0.29) is 11.9 Å². The van der Waals surface area contributed by atoms with Gasteiger partial charge in [0.05, 0.1) is 7.11 Å². The Morgan fingerprint density at radius 3 is 2.70 bits per heavy atom. The van der Waals surface area contributed by atoms with Crippen LogP contribution in [0.2, 0.25) is 0 Å². The zero-order chi connectivity index (χ0) is 14.4. The molecule has 20 heavy (non-hydrogen) atoms. The predicted octanol–water partition coefficient (Wildman–Crippen LogP) is 3.56. The van der Waals surface area contributed by atoms with Crippen molar-refractivity contribution in [3.63, 3.8) is 0 Å². The van der Waals surface area contributed by atoms with E-state index in [0.29, 0.717) is 6.54 Å². The molecule has 0 fully saturated rings. The number of nitrogens with one attached hydrogen (secondary N) is 1. The summed E-state index contributed by atoms with van der Waals surface area (Å²) < 4.78 is 18.4. The van der Waals surface area contributed by atoms with Crippen molar-refractivity contribution in [1.29, 1.82) is 0 Å². The molecular weight excluding hydrogens is 253 g/mol. The highest BCUT2D eigenvalue weighted by atomic mass is 19.1. The minimum Gasteiger partial charge on any atom is -0.496 e. The van der Waals surface area contributed by atoms with Crippen LogP contribution in [0.4, 0.5) is 4.39 Å². The van der Waals surface area contributed by atoms with E-state index in [9.17, 15) is 4.39 Å². The van der Waals surface area contributed by atoms with Crippen LogP contribution in [0.1, 0.15) is 18.1 Å². The molecule has 1 N–H and O–H groups in total. The zero-order valence-corrected chi connectivity index (χ0v) is 11.9. The summed E-state index contributed by atoms with van der Waals surface area (Å²) in [6.07, 6.45) is 0.874. The lowest BCUT2D eigenvalue weighted by Gasteiger charge is -2.16. The highest BCUT2D eigenvalue weighted by Crippen LogP contribution is 2.18. The standard InChI is InChI=1S/C17H20FNO/c1-13(10-15-7-3-4-9-17(15)20-2)19-12-14-6-5-8-16(18)11-14/h3-9,11,13,19H,10,12H2,1-2H3. The normalized spacial score (nSPS) is 12.2. The SMILES string of the molecule is COc1ccccc1CC(C)NCc1cccc(F)c1. The fourth-order valence-electron chi connectivity index (χ4n) is 2.21. The molecule has 0 aliphatic rings. The largest absolute Gasteiger partial charge is 0.496 e. The van der Waals surface area contributed by atoms with Gasteiger partial charge in [0.25, 0.3) is 0 Å². The van der Waals surface area contributed by atoms with Crippen molar-refractivity contribution >= 4 is 0 Å². The molecule has 0 spiro atoms. The van der Waals surface area contributed by atoms with E-state index >= 15 is 0 Å². The first kappa shape index (κ1) is 14.5. The summed E-state index contributed by atoms with van der Waals surface area (Å²) in [6, 6.07) is 15.0. The van der Waals surface area contributed by atoms with Crippen LogP contribution in [0.15, 0.2) is 48.5 Å². The van der Waals surface area contributed by atoms with Gasteiger partial charge in [-0.3, -0.25) is 0 Å². The summed E-state index contributed by atoms with van der Waals surface area (Å²) >= 11 is 0. The third-order valence-corrected chi connectivity index (χ3v) is 3.26. The Hall–Kier alpha value is -1.87. The summed E-state index contributed by atoms with van der Waals surface area (Å²) in [6.45, 7) is 2.78. The monoisotopic (exact) mass is 273 g/mol. The average molecular weight is 273 g/mol. The smallest absolute Gasteiger partial charge is 0.123 e. The highest BCUT2D eigenvalue weighted by molar-refractivity contribution is 5.33. The van der Waals surface area contributed by atoms with Crippen LogP contribution in [-0.4, -0.2) is 13.2 Å². The number of ether oxygens (including phenoxy) is 1. The Bertz CT molecular complexity index is 556. The van der Waals surface area contributed by atoms with E-state index < -0.39 is 0 Å². The highest BCUT2D eigenvalue weighted by Gasteiger charge is 2.07. The second-order valence-corrected chi connectivity index (χ2v) is 4.93. The predicted molar refractivity (Wildman–Crippen MR) is 79.4 cm³/mol. The lowest BCUT2D eigenvalue weighted by Crippen LogP contribution is -2.27. The first-order chi connectivity index (χ1) is 9.69. The maximum Gasteiger partial charge on any atom is 0.123 e. The minimum absolute atomic E-state index is 0.193. The van der Waals surface area contributed by atoms with Gasteiger partial charge in [-0.15, -0.1) is 0 Å². The first-order valence-electron chi connectivity index (χ1n) is 6.79. The number of benzene rings is 2. The number of rotatable bonds is 6. The van der Waals surface area contributed by atoms with Gasteiger partial charge in [-0.05, 0) is 42.7 Å². The molecule has 106 valence electrons. The van der Waals surface area contributed by atoms with Gasteiger partial charge < -0.3 is 10.1 Å². The van der Waals surface area contributed by atoms with Crippen molar-refractivity contribution < 1.29 is 9.13 Å². The Morgan fingerprint density at radius 2 is 1.95 bits per heavy atom. The molecule has 2 rings (SSSR count). The summed E-state index contributed by atoms with van der Waals surface area (Å²) in [4.78, 5) is 0. The van der Waals surface area contributed by atoms with Crippen molar-refractivity contribution in [2.75, 3.05) is 7.11 Å². The van der Waals surface area contributed by atoms with Crippen LogP contribution in [0.3, 0.4) is 0 Å². The van der Waals surface area contributed by atoms with Gasteiger partial charge in [0.1, 0.15) is 11.6 Å². The molecule has 0 aliphatic heterocycles. The maximum atomic E-state index is 13.1. The molecule has 0 bridgehead atoms. The van der Waals surface area contributed by atoms with E-state index in [1.807, 2.05) is 24.3 Å². The molecule has 0 heterocycles. The number of hydrogen-bond acceptors (Lipinski definition) is 2. The van der Waals surface area contributed by atoms with Crippen LogP contribution >= 0.6 is 0 Å². The fourth-order valence-corrected chi connectivity index (χ4v) is 2.21. The van der Waals surface area contributed by atoms with E-state index in [1.165, 1.54) is 11.6 Å². The molecule has 2 aromatic carbocycles. The van der Waals surface area contributed by atoms with Gasteiger partial charge in [-0.1, -0.05) is 30.3 Å². The second kappa shape index (κ2) is 7.06. The van der Waals surface area contributed by atoms with Crippen molar-refractivity contribution in [3.8, 4) is 5.75 Å². The summed E-state index contributed by atoms with van der Waals surface area (Å²) in [5.74, 6) is 0.716.